The monoisotopic (exact) mass is 222 g/mol. The van der Waals surface area contributed by atoms with Crippen LogP contribution in [0, 0.1) is 12.8 Å². The third-order valence-corrected chi connectivity index (χ3v) is 2.72. The first kappa shape index (κ1) is 13.1. The summed E-state index contributed by atoms with van der Waals surface area (Å²) in [7, 11) is -1.41. The standard InChI is InChI=1S/C12H19BO3/c1-4-9(2)8-16-12-6-5-11(13(14)15)7-10(12)3/h5-7,9,14-15H,4,8H2,1-3H3. The molecule has 2 N–H and O–H groups in total. The summed E-state index contributed by atoms with van der Waals surface area (Å²) in [6.07, 6.45) is 1.09. The summed E-state index contributed by atoms with van der Waals surface area (Å²) in [4.78, 5) is 0. The molecule has 1 unspecified atom stereocenters. The molecule has 0 aliphatic rings. The van der Waals surface area contributed by atoms with E-state index in [1.54, 1.807) is 18.2 Å². The lowest BCUT2D eigenvalue weighted by atomic mass is 9.79. The molecule has 1 rings (SSSR count). The normalized spacial score (nSPS) is 12.3. The molecule has 0 aliphatic heterocycles. The first-order valence-electron chi connectivity index (χ1n) is 5.64. The highest BCUT2D eigenvalue weighted by Crippen LogP contribution is 2.17. The number of ether oxygens (including phenoxy) is 1. The highest BCUT2D eigenvalue weighted by Gasteiger charge is 2.12. The van der Waals surface area contributed by atoms with E-state index >= 15 is 0 Å². The fourth-order valence-corrected chi connectivity index (χ4v) is 1.35. The van der Waals surface area contributed by atoms with Crippen LogP contribution in [0.25, 0.3) is 0 Å². The molecule has 0 spiro atoms. The van der Waals surface area contributed by atoms with Gasteiger partial charge in [0.05, 0.1) is 6.61 Å². The second kappa shape index (κ2) is 5.92. The van der Waals surface area contributed by atoms with E-state index in [1.807, 2.05) is 6.92 Å². The maximum atomic E-state index is 9.01. The van der Waals surface area contributed by atoms with Crippen LogP contribution in [0.5, 0.6) is 5.75 Å². The lowest BCUT2D eigenvalue weighted by Crippen LogP contribution is -2.29. The van der Waals surface area contributed by atoms with E-state index in [1.165, 1.54) is 0 Å². The van der Waals surface area contributed by atoms with Gasteiger partial charge in [-0.05, 0) is 29.9 Å². The van der Waals surface area contributed by atoms with Crippen molar-refractivity contribution >= 4 is 12.6 Å². The van der Waals surface area contributed by atoms with Gasteiger partial charge in [-0.15, -0.1) is 0 Å². The second-order valence-corrected chi connectivity index (χ2v) is 4.22. The quantitative estimate of drug-likeness (QED) is 0.733. The molecule has 16 heavy (non-hydrogen) atoms. The summed E-state index contributed by atoms with van der Waals surface area (Å²) in [5, 5.41) is 18.0. The van der Waals surface area contributed by atoms with Crippen LogP contribution in [-0.2, 0) is 0 Å². The van der Waals surface area contributed by atoms with E-state index in [2.05, 4.69) is 13.8 Å². The third-order valence-electron chi connectivity index (χ3n) is 2.72. The molecule has 0 amide bonds. The molecule has 4 heteroatoms. The van der Waals surface area contributed by atoms with Gasteiger partial charge in [0.25, 0.3) is 0 Å². The van der Waals surface area contributed by atoms with Gasteiger partial charge in [0, 0.05) is 0 Å². The zero-order valence-electron chi connectivity index (χ0n) is 10.1. The van der Waals surface area contributed by atoms with E-state index in [0.717, 1.165) is 17.7 Å². The van der Waals surface area contributed by atoms with E-state index in [-0.39, 0.29) is 0 Å². The molecule has 1 aromatic carbocycles. The Bertz CT molecular complexity index is 339. The minimum absolute atomic E-state index is 0.494. The molecule has 1 aromatic rings. The zero-order chi connectivity index (χ0) is 12.1. The number of benzene rings is 1. The summed E-state index contributed by atoms with van der Waals surface area (Å²) >= 11 is 0. The maximum Gasteiger partial charge on any atom is 0.488 e. The van der Waals surface area contributed by atoms with Crippen molar-refractivity contribution in [2.24, 2.45) is 5.92 Å². The molecule has 0 bridgehead atoms. The molecular weight excluding hydrogens is 203 g/mol. The van der Waals surface area contributed by atoms with Gasteiger partial charge in [0.1, 0.15) is 5.75 Å². The van der Waals surface area contributed by atoms with Crippen LogP contribution in [0.2, 0.25) is 0 Å². The summed E-state index contributed by atoms with van der Waals surface area (Å²) in [6.45, 7) is 6.86. The Hall–Kier alpha value is -0.995. The molecule has 0 saturated carbocycles. The minimum Gasteiger partial charge on any atom is -0.493 e. The molecule has 88 valence electrons. The molecule has 0 aromatic heterocycles. The average molecular weight is 222 g/mol. The largest absolute Gasteiger partial charge is 0.493 e. The Kier molecular flexibility index (Phi) is 4.84. The van der Waals surface area contributed by atoms with Crippen LogP contribution in [0.3, 0.4) is 0 Å². The van der Waals surface area contributed by atoms with Gasteiger partial charge < -0.3 is 14.8 Å². The van der Waals surface area contributed by atoms with Crippen molar-refractivity contribution < 1.29 is 14.8 Å². The molecule has 0 radical (unpaired) electrons. The van der Waals surface area contributed by atoms with Crippen LogP contribution in [0.15, 0.2) is 18.2 Å². The summed E-state index contributed by atoms with van der Waals surface area (Å²) in [5.74, 6) is 1.34. The van der Waals surface area contributed by atoms with Crippen LogP contribution in [0.4, 0.5) is 0 Å². The Morgan fingerprint density at radius 1 is 1.38 bits per heavy atom. The summed E-state index contributed by atoms with van der Waals surface area (Å²) in [6, 6.07) is 5.19. The Labute approximate surface area is 97.2 Å². The van der Waals surface area contributed by atoms with Crippen molar-refractivity contribution in [3.63, 3.8) is 0 Å². The number of hydrogen-bond acceptors (Lipinski definition) is 3. The van der Waals surface area contributed by atoms with Crippen molar-refractivity contribution in [1.29, 1.82) is 0 Å². The topological polar surface area (TPSA) is 49.7 Å². The summed E-state index contributed by atoms with van der Waals surface area (Å²) < 4.78 is 5.66. The Balaban J connectivity index is 2.68. The predicted octanol–water partition coefficient (Wildman–Crippen LogP) is 1.10. The van der Waals surface area contributed by atoms with E-state index in [4.69, 9.17) is 14.8 Å². The van der Waals surface area contributed by atoms with Crippen LogP contribution in [0.1, 0.15) is 25.8 Å². The van der Waals surface area contributed by atoms with Gasteiger partial charge in [-0.25, -0.2) is 0 Å². The fourth-order valence-electron chi connectivity index (χ4n) is 1.35. The van der Waals surface area contributed by atoms with Crippen molar-refractivity contribution in [2.75, 3.05) is 6.61 Å². The smallest absolute Gasteiger partial charge is 0.488 e. The maximum absolute atomic E-state index is 9.01. The summed E-state index contributed by atoms with van der Waals surface area (Å²) in [5.41, 5.74) is 1.42. The van der Waals surface area contributed by atoms with E-state index in [9.17, 15) is 0 Å². The Morgan fingerprint density at radius 2 is 2.06 bits per heavy atom. The fraction of sp³-hybridized carbons (Fsp3) is 0.500. The van der Waals surface area contributed by atoms with Gasteiger partial charge in [0.15, 0.2) is 0 Å². The van der Waals surface area contributed by atoms with Gasteiger partial charge >= 0.3 is 7.12 Å². The number of aryl methyl sites for hydroxylation is 1. The molecule has 0 saturated heterocycles. The van der Waals surface area contributed by atoms with Crippen molar-refractivity contribution in [1.82, 2.24) is 0 Å². The number of hydrogen-bond donors (Lipinski definition) is 2. The molecule has 3 nitrogen and oxygen atoms in total. The van der Waals surface area contributed by atoms with Crippen LogP contribution >= 0.6 is 0 Å². The highest BCUT2D eigenvalue weighted by atomic mass is 16.5. The third kappa shape index (κ3) is 3.54. The lowest BCUT2D eigenvalue weighted by Gasteiger charge is -2.13. The SMILES string of the molecule is CCC(C)COc1ccc(B(O)O)cc1C. The van der Waals surface area contributed by atoms with E-state index < -0.39 is 7.12 Å². The first-order chi connectivity index (χ1) is 7.54. The van der Waals surface area contributed by atoms with Gasteiger partial charge in [0.2, 0.25) is 0 Å². The first-order valence-corrected chi connectivity index (χ1v) is 5.64. The molecule has 0 aliphatic carbocycles. The van der Waals surface area contributed by atoms with E-state index in [0.29, 0.717) is 18.0 Å². The van der Waals surface area contributed by atoms with Crippen LogP contribution in [-0.4, -0.2) is 23.8 Å². The Morgan fingerprint density at radius 3 is 2.56 bits per heavy atom. The number of rotatable bonds is 5. The van der Waals surface area contributed by atoms with Gasteiger partial charge in [-0.2, -0.15) is 0 Å². The highest BCUT2D eigenvalue weighted by molar-refractivity contribution is 6.58. The average Bonchev–Trinajstić information content (AvgIpc) is 2.26. The van der Waals surface area contributed by atoms with Crippen molar-refractivity contribution in [3.8, 4) is 5.75 Å². The molecule has 0 fully saturated rings. The van der Waals surface area contributed by atoms with Gasteiger partial charge in [-0.3, -0.25) is 0 Å². The van der Waals surface area contributed by atoms with Crippen molar-refractivity contribution in [3.05, 3.63) is 23.8 Å². The minimum atomic E-state index is -1.41. The predicted molar refractivity (Wildman–Crippen MR) is 66.0 cm³/mol. The zero-order valence-corrected chi connectivity index (χ0v) is 10.1. The molecule has 0 heterocycles. The lowest BCUT2D eigenvalue weighted by molar-refractivity contribution is 0.255. The van der Waals surface area contributed by atoms with Crippen LogP contribution < -0.4 is 10.2 Å². The molecule has 1 atom stereocenters. The van der Waals surface area contributed by atoms with Crippen molar-refractivity contribution in [2.45, 2.75) is 27.2 Å². The molecular formula is C12H19BO3. The van der Waals surface area contributed by atoms with Gasteiger partial charge in [-0.1, -0.05) is 32.4 Å². The second-order valence-electron chi connectivity index (χ2n) is 4.22.